The lowest BCUT2D eigenvalue weighted by Crippen LogP contribution is -2.30. The molecular formula is C56H112N2O6. The molecule has 0 bridgehead atoms. The van der Waals surface area contributed by atoms with E-state index in [1.165, 1.54) is 161 Å². The maximum absolute atomic E-state index is 13.0. The van der Waals surface area contributed by atoms with Gasteiger partial charge in [0.2, 0.25) is 0 Å². The normalized spacial score (nSPS) is 13.2. The Hall–Kier alpha value is -1.22. The topological polar surface area (TPSA) is 88.5 Å². The van der Waals surface area contributed by atoms with Gasteiger partial charge in [0.25, 0.3) is 0 Å². The summed E-state index contributed by atoms with van der Waals surface area (Å²) in [5.74, 6) is 0.346. The zero-order chi connectivity index (χ0) is 47.0. The Bertz CT molecular complexity index is 966. The van der Waals surface area contributed by atoms with E-state index in [2.05, 4.69) is 37.5 Å². The van der Waals surface area contributed by atoms with E-state index in [0.29, 0.717) is 26.2 Å². The van der Waals surface area contributed by atoms with E-state index in [1.54, 1.807) is 0 Å². The predicted molar refractivity (Wildman–Crippen MR) is 274 cm³/mol. The van der Waals surface area contributed by atoms with Gasteiger partial charge >= 0.3 is 11.9 Å². The highest BCUT2D eigenvalue weighted by Crippen LogP contribution is 2.24. The van der Waals surface area contributed by atoms with Crippen LogP contribution in [-0.4, -0.2) is 93.2 Å². The average Bonchev–Trinajstić information content (AvgIpc) is 3.28. The van der Waals surface area contributed by atoms with Gasteiger partial charge in [0.1, 0.15) is 6.61 Å². The predicted octanol–water partition coefficient (Wildman–Crippen LogP) is 15.4. The van der Waals surface area contributed by atoms with E-state index < -0.39 is 6.29 Å². The van der Waals surface area contributed by atoms with Crippen LogP contribution in [0.25, 0.3) is 0 Å². The fourth-order valence-electron chi connectivity index (χ4n) is 8.97. The Labute approximate surface area is 399 Å². The number of esters is 2. The molecular weight excluding hydrogens is 797 g/mol. The molecule has 0 aliphatic heterocycles. The highest BCUT2D eigenvalue weighted by molar-refractivity contribution is 5.72. The number of hydrogen-bond donors (Lipinski definition) is 1. The van der Waals surface area contributed by atoms with Crippen LogP contribution in [0.2, 0.25) is 0 Å². The molecule has 8 heteroatoms. The van der Waals surface area contributed by atoms with Crippen LogP contribution in [0.15, 0.2) is 0 Å². The molecule has 3 unspecified atom stereocenters. The Morgan fingerprint density at radius 3 is 1.31 bits per heavy atom. The molecule has 0 spiro atoms. The van der Waals surface area contributed by atoms with E-state index >= 15 is 0 Å². The zero-order valence-electron chi connectivity index (χ0n) is 43.9. The number of carbonyl (C=O) groups excluding carboxylic acids is 2. The number of unbranched alkanes of at least 4 members (excludes halogenated alkanes) is 26. The molecule has 0 rings (SSSR count). The summed E-state index contributed by atoms with van der Waals surface area (Å²) in [5, 5.41) is 10.9. The van der Waals surface area contributed by atoms with Gasteiger partial charge in [-0.15, -0.1) is 0 Å². The Morgan fingerprint density at radius 2 is 0.828 bits per heavy atom. The van der Waals surface area contributed by atoms with Crippen LogP contribution in [0.3, 0.4) is 0 Å². The second-order valence-corrected chi connectivity index (χ2v) is 19.9. The van der Waals surface area contributed by atoms with Crippen LogP contribution in [0.1, 0.15) is 272 Å². The molecule has 64 heavy (non-hydrogen) atoms. The van der Waals surface area contributed by atoms with Crippen molar-refractivity contribution in [2.24, 2.45) is 11.8 Å². The number of aliphatic hydroxyl groups is 1. The fraction of sp³-hybridized carbons (Fsp3) is 0.964. The SMILES string of the molecule is CCCCCCCCC(CCCCCC)C(=O)OCCCCCCCCN(CCCCCCCCOC(O)C(CCCCCC)CCCCCCCC)CCOC(=O)CCCN(C)C. The molecule has 382 valence electrons. The maximum Gasteiger partial charge on any atom is 0.308 e. The smallest absolute Gasteiger partial charge is 0.308 e. The largest absolute Gasteiger partial charge is 0.465 e. The summed E-state index contributed by atoms with van der Waals surface area (Å²) in [4.78, 5) is 30.0. The number of carbonyl (C=O) groups is 2. The first-order chi connectivity index (χ1) is 31.3. The summed E-state index contributed by atoms with van der Waals surface area (Å²) in [6.07, 6.45) is 43.9. The minimum absolute atomic E-state index is 0.0562. The summed E-state index contributed by atoms with van der Waals surface area (Å²) in [6, 6.07) is 0. The molecule has 3 atom stereocenters. The van der Waals surface area contributed by atoms with Crippen LogP contribution in [0, 0.1) is 11.8 Å². The molecule has 1 N–H and O–H groups in total. The van der Waals surface area contributed by atoms with Gasteiger partial charge in [-0.2, -0.15) is 0 Å². The summed E-state index contributed by atoms with van der Waals surface area (Å²) in [6.45, 7) is 14.5. The van der Waals surface area contributed by atoms with Crippen LogP contribution >= 0.6 is 0 Å². The first-order valence-electron chi connectivity index (χ1n) is 28.3. The molecule has 0 heterocycles. The monoisotopic (exact) mass is 909 g/mol. The number of aliphatic hydroxyl groups excluding tert-OH is 1. The number of nitrogens with zero attached hydrogens (tertiary/aromatic N) is 2. The number of rotatable bonds is 52. The molecule has 0 saturated heterocycles. The van der Waals surface area contributed by atoms with Gasteiger partial charge < -0.3 is 24.2 Å². The summed E-state index contributed by atoms with van der Waals surface area (Å²) in [7, 11) is 4.07. The van der Waals surface area contributed by atoms with E-state index in [4.69, 9.17) is 14.2 Å². The van der Waals surface area contributed by atoms with Gasteiger partial charge in [0.05, 0.1) is 12.5 Å². The molecule has 0 amide bonds. The van der Waals surface area contributed by atoms with Gasteiger partial charge in [0, 0.05) is 25.5 Å². The maximum atomic E-state index is 13.0. The second-order valence-electron chi connectivity index (χ2n) is 19.9. The lowest BCUT2D eigenvalue weighted by atomic mass is 9.93. The average molecular weight is 910 g/mol. The van der Waals surface area contributed by atoms with Crippen molar-refractivity contribution in [3.63, 3.8) is 0 Å². The van der Waals surface area contributed by atoms with Gasteiger partial charge in [-0.25, -0.2) is 0 Å². The third-order valence-corrected chi connectivity index (χ3v) is 13.3. The Kier molecular flexibility index (Phi) is 48.7. The van der Waals surface area contributed by atoms with Gasteiger partial charge in [-0.3, -0.25) is 14.5 Å². The van der Waals surface area contributed by atoms with Crippen molar-refractivity contribution >= 4 is 11.9 Å². The first-order valence-corrected chi connectivity index (χ1v) is 28.3. The third kappa shape index (κ3) is 43.4. The molecule has 0 radical (unpaired) electrons. The molecule has 8 nitrogen and oxygen atoms in total. The van der Waals surface area contributed by atoms with Crippen LogP contribution in [0.5, 0.6) is 0 Å². The van der Waals surface area contributed by atoms with Crippen LogP contribution in [0.4, 0.5) is 0 Å². The standard InChI is InChI=1S/C56H112N2O6/c1-7-11-15-19-25-33-42-52(40-31-17-13-9-3)55(60)63-49-37-29-23-21-27-35-46-58(48-51-62-54(59)44-39-45-57(5)6)47-36-28-22-24-30-38-50-64-56(61)53(41-32-18-14-10-4)43-34-26-20-16-12-8-2/h52-53,55,60H,7-51H2,1-6H3. The summed E-state index contributed by atoms with van der Waals surface area (Å²) in [5.41, 5.74) is 0. The van der Waals surface area contributed by atoms with Crippen molar-refractivity contribution in [2.75, 3.05) is 60.1 Å². The molecule has 0 fully saturated rings. The number of ether oxygens (including phenoxy) is 3. The lowest BCUT2D eigenvalue weighted by molar-refractivity contribution is -0.149. The second kappa shape index (κ2) is 49.7. The van der Waals surface area contributed by atoms with E-state index in [0.717, 1.165) is 103 Å². The Balaban J connectivity index is 4.54. The first kappa shape index (κ1) is 62.8. The molecule has 0 aromatic carbocycles. The van der Waals surface area contributed by atoms with Gasteiger partial charge in [-0.1, -0.05) is 207 Å². The molecule has 0 aromatic rings. The summed E-state index contributed by atoms with van der Waals surface area (Å²) >= 11 is 0. The minimum Gasteiger partial charge on any atom is -0.465 e. The zero-order valence-corrected chi connectivity index (χ0v) is 43.9. The fourth-order valence-corrected chi connectivity index (χ4v) is 8.97. The van der Waals surface area contributed by atoms with Crippen LogP contribution < -0.4 is 0 Å². The number of hydrogen-bond acceptors (Lipinski definition) is 8. The van der Waals surface area contributed by atoms with Crippen molar-refractivity contribution in [1.29, 1.82) is 0 Å². The van der Waals surface area contributed by atoms with Crippen molar-refractivity contribution in [3.8, 4) is 0 Å². The highest BCUT2D eigenvalue weighted by Gasteiger charge is 2.20. The van der Waals surface area contributed by atoms with E-state index in [9.17, 15) is 14.7 Å². The van der Waals surface area contributed by atoms with Crippen molar-refractivity contribution in [2.45, 2.75) is 278 Å². The van der Waals surface area contributed by atoms with Gasteiger partial charge in [-0.05, 0) is 91.5 Å². The lowest BCUT2D eigenvalue weighted by Gasteiger charge is -2.23. The van der Waals surface area contributed by atoms with Crippen molar-refractivity contribution in [1.82, 2.24) is 9.80 Å². The van der Waals surface area contributed by atoms with E-state index in [1.807, 2.05) is 14.1 Å². The van der Waals surface area contributed by atoms with Crippen molar-refractivity contribution in [3.05, 3.63) is 0 Å². The van der Waals surface area contributed by atoms with E-state index in [-0.39, 0.29) is 23.8 Å². The third-order valence-electron chi connectivity index (χ3n) is 13.3. The molecule has 0 aromatic heterocycles. The highest BCUT2D eigenvalue weighted by atomic mass is 16.6. The Morgan fingerprint density at radius 1 is 0.422 bits per heavy atom. The van der Waals surface area contributed by atoms with Gasteiger partial charge in [0.15, 0.2) is 6.29 Å². The molecule has 0 aliphatic carbocycles. The van der Waals surface area contributed by atoms with Crippen LogP contribution in [-0.2, 0) is 23.8 Å². The molecule has 0 aliphatic rings. The molecule has 0 saturated carbocycles. The summed E-state index contributed by atoms with van der Waals surface area (Å²) < 4.78 is 17.5. The minimum atomic E-state index is -0.612. The van der Waals surface area contributed by atoms with Crippen molar-refractivity contribution < 1.29 is 28.9 Å². The quantitative estimate of drug-likeness (QED) is 0.0367.